The molecule has 1 rings (SSSR count). The van der Waals surface area contributed by atoms with Gasteiger partial charge in [0.25, 0.3) is 0 Å². The molecule has 0 unspecified atom stereocenters. The fourth-order valence-electron chi connectivity index (χ4n) is 0.758. The predicted octanol–water partition coefficient (Wildman–Crippen LogP) is 0.907. The first-order valence-electron chi connectivity index (χ1n) is 3.31. The first-order valence-corrected chi connectivity index (χ1v) is 5.56. The summed E-state index contributed by atoms with van der Waals surface area (Å²) in [6.07, 6.45) is 0. The molecule has 5 heteroatoms. The van der Waals surface area contributed by atoms with Gasteiger partial charge in [-0.2, -0.15) is 0 Å². The van der Waals surface area contributed by atoms with E-state index >= 15 is 0 Å². The summed E-state index contributed by atoms with van der Waals surface area (Å²) in [6, 6.07) is 7.67. The van der Waals surface area contributed by atoms with E-state index in [0.717, 1.165) is 9.13 Å². The van der Waals surface area contributed by atoms with Gasteiger partial charge < -0.3 is 0 Å². The topological polar surface area (TPSA) is 46.2 Å². The number of rotatable bonds is 3. The monoisotopic (exact) mass is 297 g/mol. The molecule has 0 amide bonds. The minimum Gasteiger partial charge on any atom is -0.216 e. The molecule has 0 radical (unpaired) electrons. The van der Waals surface area contributed by atoms with Crippen LogP contribution in [0.1, 0.15) is 5.56 Å². The Bertz CT molecular complexity index is 313. The summed E-state index contributed by atoms with van der Waals surface area (Å²) in [5.41, 5.74) is 0.967. The first-order chi connectivity index (χ1) is 5.68. The molecule has 0 fully saturated rings. The van der Waals surface area contributed by atoms with Gasteiger partial charge in [-0.1, -0.05) is 12.1 Å². The molecule has 0 saturated carbocycles. The number of nitrogens with one attached hydrogen (secondary N) is 1. The van der Waals surface area contributed by atoms with E-state index in [1.807, 2.05) is 24.3 Å². The van der Waals surface area contributed by atoms with Crippen LogP contribution in [0.15, 0.2) is 24.3 Å². The highest BCUT2D eigenvalue weighted by atomic mass is 127. The third kappa shape index (κ3) is 3.51. The fourth-order valence-corrected chi connectivity index (χ4v) is 1.43. The molecule has 0 aliphatic rings. The normalized spacial score (nSPS) is 10.5. The lowest BCUT2D eigenvalue weighted by atomic mass is 10.2. The Hall–Kier alpha value is -0.140. The van der Waals surface area contributed by atoms with Crippen molar-refractivity contribution in [3.63, 3.8) is 0 Å². The second kappa shape index (κ2) is 4.78. The zero-order valence-corrected chi connectivity index (χ0v) is 9.21. The second-order valence-corrected chi connectivity index (χ2v) is 4.29. The molecule has 0 bridgehead atoms. The summed E-state index contributed by atoms with van der Waals surface area (Å²) in [4.78, 5) is 0. The van der Waals surface area contributed by atoms with E-state index in [4.69, 9.17) is 0 Å². The van der Waals surface area contributed by atoms with Crippen LogP contribution in [0.5, 0.6) is 0 Å². The van der Waals surface area contributed by atoms with Crippen molar-refractivity contribution in [2.24, 2.45) is 0 Å². The van der Waals surface area contributed by atoms with Crippen molar-refractivity contribution in [1.82, 2.24) is 4.72 Å². The first kappa shape index (κ1) is 9.94. The number of hydrogen-bond acceptors (Lipinski definition) is 2. The Morgan fingerprint density at radius 3 is 2.33 bits per heavy atom. The molecular formula is C7H8INO2S. The average Bonchev–Trinajstić information content (AvgIpc) is 2.03. The lowest BCUT2D eigenvalue weighted by molar-refractivity contribution is 0.601. The zero-order valence-electron chi connectivity index (χ0n) is 6.16. The molecule has 0 atom stereocenters. The van der Waals surface area contributed by atoms with Crippen molar-refractivity contribution in [2.45, 2.75) is 6.54 Å². The summed E-state index contributed by atoms with van der Waals surface area (Å²) in [6.45, 7) is 0.371. The van der Waals surface area contributed by atoms with Crippen LogP contribution in [0.3, 0.4) is 0 Å². The Morgan fingerprint density at radius 1 is 1.25 bits per heavy atom. The van der Waals surface area contributed by atoms with Crippen molar-refractivity contribution in [3.05, 3.63) is 33.4 Å². The summed E-state index contributed by atoms with van der Waals surface area (Å²) in [7, 11) is -2.48. The predicted molar refractivity (Wildman–Crippen MR) is 56.3 cm³/mol. The molecule has 1 aromatic carbocycles. The molecule has 12 heavy (non-hydrogen) atoms. The maximum Gasteiger partial charge on any atom is 0.201 e. The maximum atomic E-state index is 10.2. The van der Waals surface area contributed by atoms with Crippen molar-refractivity contribution in [2.75, 3.05) is 0 Å². The SMILES string of the molecule is O=[SH](=O)NCc1ccc(I)cc1. The standard InChI is InChI=1S/C7H8INO2S/c8-7-3-1-6(2-4-7)5-9-12(10)11/h1-4,12H,5H2,(H,9,10,11). The average molecular weight is 297 g/mol. The highest BCUT2D eigenvalue weighted by Crippen LogP contribution is 2.05. The highest BCUT2D eigenvalue weighted by Gasteiger charge is 1.91. The third-order valence-electron chi connectivity index (χ3n) is 1.33. The van der Waals surface area contributed by atoms with Gasteiger partial charge in [-0.15, -0.1) is 0 Å². The summed E-state index contributed by atoms with van der Waals surface area (Å²) in [5, 5.41) is 0. The van der Waals surface area contributed by atoms with E-state index in [1.54, 1.807) is 0 Å². The van der Waals surface area contributed by atoms with Gasteiger partial charge in [-0.25, -0.2) is 13.1 Å². The van der Waals surface area contributed by atoms with Crippen LogP contribution >= 0.6 is 22.6 Å². The second-order valence-electron chi connectivity index (χ2n) is 2.22. The lowest BCUT2D eigenvalue weighted by Crippen LogP contribution is -2.09. The number of thiol groups is 1. The summed E-state index contributed by atoms with van der Waals surface area (Å²) >= 11 is 2.20. The minimum atomic E-state index is -2.48. The van der Waals surface area contributed by atoms with Crippen molar-refractivity contribution in [1.29, 1.82) is 0 Å². The van der Waals surface area contributed by atoms with Gasteiger partial charge in [0.1, 0.15) is 0 Å². The largest absolute Gasteiger partial charge is 0.216 e. The molecule has 0 saturated heterocycles. The minimum absolute atomic E-state index is 0.371. The van der Waals surface area contributed by atoms with Crippen LogP contribution in [0.25, 0.3) is 0 Å². The van der Waals surface area contributed by atoms with Crippen LogP contribution in [-0.2, 0) is 17.4 Å². The van der Waals surface area contributed by atoms with Crippen LogP contribution in [0.4, 0.5) is 0 Å². The quantitative estimate of drug-likeness (QED) is 0.643. The van der Waals surface area contributed by atoms with E-state index in [0.29, 0.717) is 6.54 Å². The van der Waals surface area contributed by atoms with Crippen LogP contribution in [-0.4, -0.2) is 8.42 Å². The highest BCUT2D eigenvalue weighted by molar-refractivity contribution is 14.1. The number of hydrogen-bond donors (Lipinski definition) is 2. The van der Waals surface area contributed by atoms with Crippen LogP contribution in [0.2, 0.25) is 0 Å². The Kier molecular flexibility index (Phi) is 3.96. The van der Waals surface area contributed by atoms with Gasteiger partial charge in [-0.05, 0) is 40.3 Å². The lowest BCUT2D eigenvalue weighted by Gasteiger charge is -1.97. The van der Waals surface area contributed by atoms with Crippen molar-refractivity contribution in [3.8, 4) is 0 Å². The molecule has 0 aromatic heterocycles. The van der Waals surface area contributed by atoms with Crippen LogP contribution in [0, 0.1) is 3.57 Å². The third-order valence-corrected chi connectivity index (χ3v) is 2.46. The Balaban J connectivity index is 2.59. The van der Waals surface area contributed by atoms with Gasteiger partial charge in [0, 0.05) is 10.1 Å². The van der Waals surface area contributed by atoms with Gasteiger partial charge in [0.05, 0.1) is 0 Å². The Morgan fingerprint density at radius 2 is 1.83 bits per heavy atom. The maximum absolute atomic E-state index is 10.2. The van der Waals surface area contributed by atoms with Gasteiger partial charge >= 0.3 is 0 Å². The molecular weight excluding hydrogens is 289 g/mol. The molecule has 0 spiro atoms. The van der Waals surface area contributed by atoms with E-state index in [-0.39, 0.29) is 0 Å². The van der Waals surface area contributed by atoms with Gasteiger partial charge in [0.15, 0.2) is 0 Å². The molecule has 66 valence electrons. The molecule has 3 nitrogen and oxygen atoms in total. The van der Waals surface area contributed by atoms with E-state index in [1.165, 1.54) is 0 Å². The van der Waals surface area contributed by atoms with E-state index in [9.17, 15) is 8.42 Å². The van der Waals surface area contributed by atoms with Crippen molar-refractivity contribution >= 4 is 33.5 Å². The summed E-state index contributed by atoms with van der Waals surface area (Å²) < 4.78 is 23.8. The number of benzene rings is 1. The van der Waals surface area contributed by atoms with Crippen molar-refractivity contribution < 1.29 is 8.42 Å². The van der Waals surface area contributed by atoms with Gasteiger partial charge in [0.2, 0.25) is 10.9 Å². The molecule has 1 aromatic rings. The smallest absolute Gasteiger partial charge is 0.201 e. The van der Waals surface area contributed by atoms with E-state index in [2.05, 4.69) is 27.3 Å². The molecule has 0 aliphatic carbocycles. The molecule has 0 aliphatic heterocycles. The van der Waals surface area contributed by atoms with E-state index < -0.39 is 10.9 Å². The molecule has 0 heterocycles. The van der Waals surface area contributed by atoms with Crippen LogP contribution < -0.4 is 4.72 Å². The molecule has 1 N–H and O–H groups in total. The summed E-state index contributed by atoms with van der Waals surface area (Å²) in [5.74, 6) is 0. The Labute approximate surface area is 86.4 Å². The number of halogens is 1. The fraction of sp³-hybridized carbons (Fsp3) is 0.143. The van der Waals surface area contributed by atoms with Gasteiger partial charge in [-0.3, -0.25) is 0 Å². The zero-order chi connectivity index (χ0) is 8.97.